The molecule has 0 bridgehead atoms. The monoisotopic (exact) mass is 401 g/mol. The van der Waals surface area contributed by atoms with E-state index in [-0.39, 0.29) is 24.4 Å². The van der Waals surface area contributed by atoms with Crippen molar-refractivity contribution in [3.05, 3.63) is 70.9 Å². The molecule has 0 spiro atoms. The molecule has 5 rings (SSSR count). The number of unbranched alkanes of at least 4 members (excludes halogenated alkanes) is 1. The summed E-state index contributed by atoms with van der Waals surface area (Å²) >= 11 is 0. The van der Waals surface area contributed by atoms with E-state index in [1.54, 1.807) is 4.90 Å². The van der Waals surface area contributed by atoms with Gasteiger partial charge in [-0.15, -0.1) is 0 Å². The van der Waals surface area contributed by atoms with Gasteiger partial charge in [0.15, 0.2) is 0 Å². The average molecular weight is 402 g/mol. The number of carbonyl (C=O) groups is 2. The first-order chi connectivity index (χ1) is 14.6. The molecule has 2 aromatic carbocycles. The van der Waals surface area contributed by atoms with E-state index in [0.717, 1.165) is 46.1 Å². The first-order valence-corrected chi connectivity index (χ1v) is 10.8. The van der Waals surface area contributed by atoms with Crippen LogP contribution in [0.5, 0.6) is 0 Å². The molecular formula is C25H27N3O2. The molecule has 154 valence electrons. The van der Waals surface area contributed by atoms with E-state index >= 15 is 0 Å². The molecular weight excluding hydrogens is 374 g/mol. The number of piperazine rings is 1. The normalized spacial score (nSPS) is 21.1. The minimum atomic E-state index is -0.444. The van der Waals surface area contributed by atoms with Gasteiger partial charge in [0.05, 0.1) is 12.6 Å². The number of para-hydroxylation sites is 1. The van der Waals surface area contributed by atoms with E-state index in [1.807, 2.05) is 23.1 Å². The maximum atomic E-state index is 13.4. The Labute approximate surface area is 176 Å². The highest BCUT2D eigenvalue weighted by Crippen LogP contribution is 2.42. The molecule has 5 nitrogen and oxygen atoms in total. The Bertz CT molecular complexity index is 1130. The minimum Gasteiger partial charge on any atom is -0.356 e. The van der Waals surface area contributed by atoms with Crippen LogP contribution in [0.4, 0.5) is 0 Å². The van der Waals surface area contributed by atoms with Crippen molar-refractivity contribution < 1.29 is 9.59 Å². The fourth-order valence-corrected chi connectivity index (χ4v) is 5.05. The first kappa shape index (κ1) is 18.9. The van der Waals surface area contributed by atoms with Crippen molar-refractivity contribution in [2.24, 2.45) is 0 Å². The topological polar surface area (TPSA) is 56.4 Å². The number of hydrogen-bond acceptors (Lipinski definition) is 2. The van der Waals surface area contributed by atoms with Crippen molar-refractivity contribution >= 4 is 22.7 Å². The van der Waals surface area contributed by atoms with Gasteiger partial charge < -0.3 is 14.8 Å². The lowest BCUT2D eigenvalue weighted by Gasteiger charge is -2.47. The summed E-state index contributed by atoms with van der Waals surface area (Å²) in [6.45, 7) is 5.00. The molecule has 3 aromatic rings. The average Bonchev–Trinajstić information content (AvgIpc) is 3.12. The number of aryl methyl sites for hydroxylation is 1. The van der Waals surface area contributed by atoms with E-state index in [9.17, 15) is 9.59 Å². The largest absolute Gasteiger partial charge is 0.356 e. The number of nitrogens with zero attached hydrogens (tertiary/aromatic N) is 2. The Morgan fingerprint density at radius 1 is 1.10 bits per heavy atom. The molecule has 2 atom stereocenters. The lowest BCUT2D eigenvalue weighted by Crippen LogP contribution is -2.63. The fraction of sp³-hybridized carbons (Fsp3) is 0.360. The summed E-state index contributed by atoms with van der Waals surface area (Å²) in [5.74, 6) is 0.114. The summed E-state index contributed by atoms with van der Waals surface area (Å²) < 4.78 is 0. The second-order valence-electron chi connectivity index (χ2n) is 8.51. The van der Waals surface area contributed by atoms with Gasteiger partial charge in [0.25, 0.3) is 0 Å². The number of aromatic nitrogens is 1. The second kappa shape index (κ2) is 7.31. The summed E-state index contributed by atoms with van der Waals surface area (Å²) in [7, 11) is 0. The number of rotatable bonds is 4. The standard InChI is InChI=1S/C25H27N3O2/c1-3-4-12-27-15-22(29)28-21(25(27)30)14-19-18-10-5-6-11-20(18)26-23(19)24(28)17-9-7-8-16(2)13-17/h5-11,13,21,24,26H,3-4,12,14-15H2,1-2H3. The molecule has 1 N–H and O–H groups in total. The fourth-order valence-electron chi connectivity index (χ4n) is 5.05. The summed E-state index contributed by atoms with van der Waals surface area (Å²) in [6, 6.07) is 15.8. The predicted octanol–water partition coefficient (Wildman–Crippen LogP) is 3.96. The first-order valence-electron chi connectivity index (χ1n) is 10.8. The zero-order valence-electron chi connectivity index (χ0n) is 17.5. The van der Waals surface area contributed by atoms with Crippen molar-refractivity contribution in [3.63, 3.8) is 0 Å². The van der Waals surface area contributed by atoms with Gasteiger partial charge in [-0.05, 0) is 30.5 Å². The Balaban J connectivity index is 1.67. The lowest BCUT2D eigenvalue weighted by molar-refractivity contribution is -0.158. The molecule has 2 aliphatic heterocycles. The summed E-state index contributed by atoms with van der Waals surface area (Å²) in [6.07, 6.45) is 2.49. The van der Waals surface area contributed by atoms with Crippen molar-refractivity contribution in [2.45, 2.75) is 45.2 Å². The quantitative estimate of drug-likeness (QED) is 0.719. The van der Waals surface area contributed by atoms with Crippen LogP contribution in [-0.2, 0) is 16.0 Å². The highest BCUT2D eigenvalue weighted by molar-refractivity contribution is 5.97. The number of hydrogen-bond donors (Lipinski definition) is 1. The second-order valence-corrected chi connectivity index (χ2v) is 8.51. The van der Waals surface area contributed by atoms with Crippen molar-refractivity contribution in [3.8, 4) is 0 Å². The molecule has 0 saturated carbocycles. The number of nitrogens with one attached hydrogen (secondary N) is 1. The van der Waals surface area contributed by atoms with Crippen LogP contribution in [0.2, 0.25) is 0 Å². The van der Waals surface area contributed by atoms with Gasteiger partial charge in [-0.2, -0.15) is 0 Å². The smallest absolute Gasteiger partial charge is 0.246 e. The van der Waals surface area contributed by atoms with E-state index in [4.69, 9.17) is 0 Å². The van der Waals surface area contributed by atoms with Gasteiger partial charge in [0.1, 0.15) is 6.04 Å². The number of aromatic amines is 1. The zero-order valence-corrected chi connectivity index (χ0v) is 17.5. The van der Waals surface area contributed by atoms with Crippen LogP contribution in [0, 0.1) is 6.92 Å². The molecule has 0 aliphatic carbocycles. The third kappa shape index (κ3) is 2.92. The van der Waals surface area contributed by atoms with Gasteiger partial charge in [0.2, 0.25) is 11.8 Å². The van der Waals surface area contributed by atoms with Crippen molar-refractivity contribution in [1.29, 1.82) is 0 Å². The number of H-pyrrole nitrogens is 1. The van der Waals surface area contributed by atoms with Crippen LogP contribution in [0.25, 0.3) is 10.9 Å². The number of benzene rings is 2. The molecule has 2 amide bonds. The van der Waals surface area contributed by atoms with Gasteiger partial charge in [-0.25, -0.2) is 0 Å². The summed E-state index contributed by atoms with van der Waals surface area (Å²) in [5.41, 5.74) is 5.46. The van der Waals surface area contributed by atoms with Gasteiger partial charge in [-0.3, -0.25) is 9.59 Å². The Morgan fingerprint density at radius 2 is 1.93 bits per heavy atom. The molecule has 5 heteroatoms. The third-order valence-electron chi connectivity index (χ3n) is 6.48. The highest BCUT2D eigenvalue weighted by Gasteiger charge is 2.47. The van der Waals surface area contributed by atoms with Gasteiger partial charge in [0, 0.05) is 29.6 Å². The van der Waals surface area contributed by atoms with Crippen molar-refractivity contribution in [1.82, 2.24) is 14.8 Å². The van der Waals surface area contributed by atoms with E-state index in [1.165, 1.54) is 0 Å². The number of carbonyl (C=O) groups excluding carboxylic acids is 2. The van der Waals surface area contributed by atoms with E-state index in [2.05, 4.69) is 49.2 Å². The molecule has 3 heterocycles. The maximum Gasteiger partial charge on any atom is 0.246 e. The molecule has 1 fully saturated rings. The lowest BCUT2D eigenvalue weighted by atomic mass is 9.86. The minimum absolute atomic E-state index is 0.0338. The predicted molar refractivity (Wildman–Crippen MR) is 117 cm³/mol. The Kier molecular flexibility index (Phi) is 4.61. The highest BCUT2D eigenvalue weighted by atomic mass is 16.2. The molecule has 2 unspecified atom stereocenters. The molecule has 0 radical (unpaired) electrons. The van der Waals surface area contributed by atoms with Gasteiger partial charge >= 0.3 is 0 Å². The summed E-state index contributed by atoms with van der Waals surface area (Å²) in [5, 5.41) is 1.15. The molecule has 1 aromatic heterocycles. The van der Waals surface area contributed by atoms with Crippen LogP contribution in [0.3, 0.4) is 0 Å². The van der Waals surface area contributed by atoms with Crippen molar-refractivity contribution in [2.75, 3.05) is 13.1 Å². The van der Waals surface area contributed by atoms with E-state index in [0.29, 0.717) is 13.0 Å². The molecule has 1 saturated heterocycles. The number of amides is 2. The third-order valence-corrected chi connectivity index (χ3v) is 6.48. The van der Waals surface area contributed by atoms with Gasteiger partial charge in [-0.1, -0.05) is 61.4 Å². The molecule has 30 heavy (non-hydrogen) atoms. The Hall–Kier alpha value is -3.08. The molecule has 2 aliphatic rings. The number of fused-ring (bicyclic) bond motifs is 4. The van der Waals surface area contributed by atoms with Crippen LogP contribution in [0.15, 0.2) is 48.5 Å². The van der Waals surface area contributed by atoms with Crippen LogP contribution < -0.4 is 0 Å². The SMILES string of the molecule is CCCCN1CC(=O)N2C(Cc3c([nH]c4ccccc34)C2c2cccc(C)c2)C1=O. The summed E-state index contributed by atoms with van der Waals surface area (Å²) in [4.78, 5) is 34.0. The zero-order chi connectivity index (χ0) is 20.8. The van der Waals surface area contributed by atoms with Crippen LogP contribution in [-0.4, -0.2) is 45.7 Å². The maximum absolute atomic E-state index is 13.4. The van der Waals surface area contributed by atoms with Crippen LogP contribution >= 0.6 is 0 Å². The van der Waals surface area contributed by atoms with Crippen LogP contribution in [0.1, 0.15) is 48.2 Å². The van der Waals surface area contributed by atoms with E-state index < -0.39 is 6.04 Å². The Morgan fingerprint density at radius 3 is 2.73 bits per heavy atom.